The number of rotatable bonds is 3. The average molecular weight is 114 g/mol. The Morgan fingerprint density at radius 3 is 2.57 bits per heavy atom. The Kier molecular flexibility index (Phi) is 4.54. The lowest BCUT2D eigenvalue weighted by molar-refractivity contribution is 0.354. The van der Waals surface area contributed by atoms with E-state index in [0.29, 0.717) is 0 Å². The van der Waals surface area contributed by atoms with Crippen LogP contribution in [-0.4, -0.2) is 23.2 Å². The maximum Gasteiger partial charge on any atom is 0.410 e. The molecule has 0 fully saturated rings. The summed E-state index contributed by atoms with van der Waals surface area (Å²) in [6.07, 6.45) is 1.02. The topological polar surface area (TPSA) is 9.23 Å². The second-order valence-corrected chi connectivity index (χ2v) is 2.28. The molecule has 0 spiro atoms. The Hall–Kier alpha value is 0.232. The summed E-state index contributed by atoms with van der Waals surface area (Å²) >= 11 is 0.853. The zero-order chi connectivity index (χ0) is 5.70. The van der Waals surface area contributed by atoms with Gasteiger partial charge in [0.25, 0.3) is 0 Å². The van der Waals surface area contributed by atoms with Crippen molar-refractivity contribution in [3.05, 3.63) is 12.2 Å². The van der Waals surface area contributed by atoms with E-state index in [2.05, 4.69) is 6.58 Å². The van der Waals surface area contributed by atoms with Crippen molar-refractivity contribution in [3.63, 3.8) is 0 Å². The molecule has 7 heavy (non-hydrogen) atoms. The van der Waals surface area contributed by atoms with Crippen LogP contribution in [0, 0.1) is 0 Å². The van der Waals surface area contributed by atoms with Crippen molar-refractivity contribution < 1.29 is 3.79 Å². The standard InChI is InChI=1S/C5H9O.Al.2H/c1-5(2)3-4-6;;;/h1,3-4H2,2H3;;;/q-1;+1;;. The zero-order valence-corrected chi connectivity index (χ0v) is 7.03. The van der Waals surface area contributed by atoms with E-state index >= 15 is 0 Å². The fourth-order valence-corrected chi connectivity index (χ4v) is 0.480. The van der Waals surface area contributed by atoms with Crippen molar-refractivity contribution >= 4 is 16.6 Å². The second kappa shape index (κ2) is 4.39. The summed E-state index contributed by atoms with van der Waals surface area (Å²) in [5, 5.41) is 0. The van der Waals surface area contributed by atoms with E-state index in [4.69, 9.17) is 3.79 Å². The van der Waals surface area contributed by atoms with Crippen LogP contribution >= 0.6 is 0 Å². The molecule has 0 bridgehead atoms. The van der Waals surface area contributed by atoms with Crippen LogP contribution in [0.15, 0.2) is 12.2 Å². The van der Waals surface area contributed by atoms with Gasteiger partial charge in [-0.25, -0.2) is 0 Å². The molecule has 0 aliphatic rings. The molecule has 0 radical (unpaired) electrons. The molecule has 0 N–H and O–H groups in total. The Bertz CT molecular complexity index is 61.1. The van der Waals surface area contributed by atoms with E-state index in [0.717, 1.165) is 29.7 Å². The second-order valence-electron chi connectivity index (χ2n) is 1.70. The van der Waals surface area contributed by atoms with Gasteiger partial charge in [-0.05, 0) is 13.3 Å². The Morgan fingerprint density at radius 2 is 2.43 bits per heavy atom. The van der Waals surface area contributed by atoms with Gasteiger partial charge in [0.05, 0.1) is 0 Å². The minimum absolute atomic E-state index is 0.853. The van der Waals surface area contributed by atoms with Gasteiger partial charge in [-0.3, -0.25) is 0 Å². The molecule has 0 unspecified atom stereocenters. The third-order valence-electron chi connectivity index (χ3n) is 0.733. The van der Waals surface area contributed by atoms with Crippen LogP contribution in [0.25, 0.3) is 0 Å². The molecule has 0 aromatic rings. The summed E-state index contributed by atoms with van der Waals surface area (Å²) in [6.45, 7) is 6.61. The minimum Gasteiger partial charge on any atom is -0.506 e. The van der Waals surface area contributed by atoms with E-state index in [-0.39, 0.29) is 0 Å². The zero-order valence-electron chi connectivity index (χ0n) is 5.03. The van der Waals surface area contributed by atoms with E-state index < -0.39 is 0 Å². The third kappa shape index (κ3) is 6.23. The third-order valence-corrected chi connectivity index (χ3v) is 1.14. The maximum atomic E-state index is 4.93. The fourth-order valence-electron chi connectivity index (χ4n) is 0.276. The lowest BCUT2D eigenvalue weighted by Crippen LogP contribution is -1.88. The Labute approximate surface area is 53.1 Å². The Balaban J connectivity index is 2.82. The first-order valence-corrected chi connectivity index (χ1v) is 3.22. The van der Waals surface area contributed by atoms with E-state index in [1.54, 1.807) is 0 Å². The van der Waals surface area contributed by atoms with Gasteiger partial charge < -0.3 is 3.79 Å². The normalized spacial score (nSPS) is 8.71. The minimum atomic E-state index is 0.853. The average Bonchev–Trinajstić information content (AvgIpc) is 1.61. The van der Waals surface area contributed by atoms with Gasteiger partial charge in [0.1, 0.15) is 0 Å². The first-order chi connectivity index (χ1) is 3.27. The number of hydrogen-bond acceptors (Lipinski definition) is 1. The summed E-state index contributed by atoms with van der Waals surface area (Å²) in [6, 6.07) is 0. The summed E-state index contributed by atoms with van der Waals surface area (Å²) < 4.78 is 4.93. The van der Waals surface area contributed by atoms with Crippen molar-refractivity contribution in [1.29, 1.82) is 0 Å². The largest absolute Gasteiger partial charge is 0.506 e. The van der Waals surface area contributed by atoms with Gasteiger partial charge in [0, 0.05) is 6.61 Å². The van der Waals surface area contributed by atoms with Gasteiger partial charge in [-0.15, -0.1) is 6.58 Å². The first-order valence-electron chi connectivity index (χ1n) is 2.40. The summed E-state index contributed by atoms with van der Waals surface area (Å²) in [4.78, 5) is 0. The molecular weight excluding hydrogens is 103 g/mol. The van der Waals surface area contributed by atoms with Crippen LogP contribution in [0.2, 0.25) is 0 Å². The van der Waals surface area contributed by atoms with Gasteiger partial charge in [-0.2, -0.15) is 0 Å². The lowest BCUT2D eigenvalue weighted by atomic mass is 10.3. The SMILES string of the molecule is C=C(C)CC[O][AlH2]. The molecule has 0 saturated carbocycles. The molecule has 1 nitrogen and oxygen atoms in total. The van der Waals surface area contributed by atoms with Crippen LogP contribution in [0.5, 0.6) is 0 Å². The maximum absolute atomic E-state index is 4.93. The van der Waals surface area contributed by atoms with Crippen molar-refractivity contribution in [1.82, 2.24) is 0 Å². The van der Waals surface area contributed by atoms with Crippen molar-refractivity contribution in [2.45, 2.75) is 13.3 Å². The monoisotopic (exact) mass is 114 g/mol. The summed E-state index contributed by atoms with van der Waals surface area (Å²) in [7, 11) is 0. The molecule has 0 aromatic carbocycles. The fraction of sp³-hybridized carbons (Fsp3) is 0.600. The van der Waals surface area contributed by atoms with Gasteiger partial charge in [-0.1, -0.05) is 5.57 Å². The van der Waals surface area contributed by atoms with Crippen molar-refractivity contribution in [3.8, 4) is 0 Å². The quantitative estimate of drug-likeness (QED) is 0.384. The van der Waals surface area contributed by atoms with Crippen LogP contribution in [0.4, 0.5) is 0 Å². The van der Waals surface area contributed by atoms with Gasteiger partial charge >= 0.3 is 16.6 Å². The van der Waals surface area contributed by atoms with Crippen LogP contribution in [-0.2, 0) is 3.79 Å². The predicted molar refractivity (Wildman–Crippen MR) is 33.9 cm³/mol. The van der Waals surface area contributed by atoms with E-state index in [9.17, 15) is 0 Å². The highest BCUT2D eigenvalue weighted by atomic mass is 27.1. The molecule has 40 valence electrons. The molecule has 2 heteroatoms. The predicted octanol–water partition coefficient (Wildman–Crippen LogP) is 0.517. The van der Waals surface area contributed by atoms with Crippen LogP contribution in [0.1, 0.15) is 13.3 Å². The smallest absolute Gasteiger partial charge is 0.410 e. The van der Waals surface area contributed by atoms with E-state index in [1.165, 1.54) is 5.57 Å². The molecule has 0 rings (SSSR count). The van der Waals surface area contributed by atoms with Crippen molar-refractivity contribution in [2.75, 3.05) is 6.61 Å². The summed E-state index contributed by atoms with van der Waals surface area (Å²) in [5.41, 5.74) is 1.20. The Morgan fingerprint density at radius 1 is 1.86 bits per heavy atom. The van der Waals surface area contributed by atoms with Gasteiger partial charge in [0.15, 0.2) is 0 Å². The molecule has 0 heterocycles. The van der Waals surface area contributed by atoms with Gasteiger partial charge in [0.2, 0.25) is 0 Å². The highest BCUT2D eigenvalue weighted by molar-refractivity contribution is 5.97. The summed E-state index contributed by atoms with van der Waals surface area (Å²) in [5.74, 6) is 0. The van der Waals surface area contributed by atoms with E-state index in [1.807, 2.05) is 6.92 Å². The molecule has 0 saturated heterocycles. The highest BCUT2D eigenvalue weighted by Gasteiger charge is 1.80. The van der Waals surface area contributed by atoms with Crippen LogP contribution in [0.3, 0.4) is 0 Å². The highest BCUT2D eigenvalue weighted by Crippen LogP contribution is 1.92. The molecule has 0 aliphatic heterocycles. The molecule has 0 aromatic heterocycles. The molecule has 0 aliphatic carbocycles. The first kappa shape index (κ1) is 7.23. The van der Waals surface area contributed by atoms with Crippen molar-refractivity contribution in [2.24, 2.45) is 0 Å². The molecule has 0 atom stereocenters. The lowest BCUT2D eigenvalue weighted by Gasteiger charge is -1.95. The molecule has 0 amide bonds. The van der Waals surface area contributed by atoms with Crippen LogP contribution < -0.4 is 0 Å². The number of hydrogen-bond donors (Lipinski definition) is 0. The molecular formula is C5H11AlO.